The molecule has 2 aromatic carbocycles. The van der Waals surface area contributed by atoms with Crippen LogP contribution in [0.3, 0.4) is 0 Å². The summed E-state index contributed by atoms with van der Waals surface area (Å²) >= 11 is 18.7. The second-order valence-electron chi connectivity index (χ2n) is 5.19. The van der Waals surface area contributed by atoms with Gasteiger partial charge in [-0.25, -0.2) is 4.99 Å². The quantitative estimate of drug-likeness (QED) is 0.493. The molecular formula is C17H18Cl3N3. The summed E-state index contributed by atoms with van der Waals surface area (Å²) in [5, 5.41) is 4.99. The van der Waals surface area contributed by atoms with Crippen LogP contribution in [-0.4, -0.2) is 24.8 Å². The van der Waals surface area contributed by atoms with Gasteiger partial charge < -0.3 is 10.2 Å². The van der Waals surface area contributed by atoms with Crippen LogP contribution in [0.4, 0.5) is 17.1 Å². The summed E-state index contributed by atoms with van der Waals surface area (Å²) in [6, 6.07) is 9.15. The maximum absolute atomic E-state index is 6.35. The highest BCUT2D eigenvalue weighted by Gasteiger charge is 2.09. The van der Waals surface area contributed by atoms with Gasteiger partial charge in [-0.1, -0.05) is 40.9 Å². The maximum Gasteiger partial charge on any atom is 0.0910 e. The fourth-order valence-corrected chi connectivity index (χ4v) is 2.44. The van der Waals surface area contributed by atoms with Gasteiger partial charge in [0.15, 0.2) is 0 Å². The van der Waals surface area contributed by atoms with Gasteiger partial charge in [0, 0.05) is 24.3 Å². The minimum absolute atomic E-state index is 0.525. The summed E-state index contributed by atoms with van der Waals surface area (Å²) < 4.78 is 0. The Hall–Kier alpha value is -1.42. The number of aryl methyl sites for hydroxylation is 1. The largest absolute Gasteiger partial charge is 0.366 e. The molecule has 0 heterocycles. The van der Waals surface area contributed by atoms with Gasteiger partial charge in [-0.2, -0.15) is 0 Å². The van der Waals surface area contributed by atoms with Crippen LogP contribution >= 0.6 is 34.8 Å². The lowest BCUT2D eigenvalue weighted by molar-refractivity contribution is 0.552. The van der Waals surface area contributed by atoms with E-state index in [1.807, 2.05) is 44.0 Å². The van der Waals surface area contributed by atoms with Gasteiger partial charge in [0.1, 0.15) is 0 Å². The van der Waals surface area contributed by atoms with Gasteiger partial charge in [0.25, 0.3) is 0 Å². The van der Waals surface area contributed by atoms with Crippen molar-refractivity contribution < 1.29 is 0 Å². The van der Waals surface area contributed by atoms with E-state index in [-0.39, 0.29) is 0 Å². The maximum atomic E-state index is 6.35. The van der Waals surface area contributed by atoms with Crippen molar-refractivity contribution in [2.24, 2.45) is 4.99 Å². The Kier molecular flexibility index (Phi) is 6.17. The molecule has 1 N–H and O–H groups in total. The SMILES string of the molecule is CCN(C)/C=N\c1cc(Cl)c(Nc2cc(Cl)ccc2C)cc1Cl. The lowest BCUT2D eigenvalue weighted by Crippen LogP contribution is -2.14. The Balaban J connectivity index is 2.29. The molecule has 0 aliphatic carbocycles. The third kappa shape index (κ3) is 4.77. The molecule has 0 amide bonds. The molecule has 23 heavy (non-hydrogen) atoms. The Morgan fingerprint density at radius 2 is 1.83 bits per heavy atom. The fraction of sp³-hybridized carbons (Fsp3) is 0.235. The zero-order valence-electron chi connectivity index (χ0n) is 13.2. The average Bonchev–Trinajstić information content (AvgIpc) is 2.52. The predicted octanol–water partition coefficient (Wildman–Crippen LogP) is 6.31. The summed E-state index contributed by atoms with van der Waals surface area (Å²) in [7, 11) is 1.94. The third-order valence-corrected chi connectivity index (χ3v) is 4.25. The zero-order valence-corrected chi connectivity index (χ0v) is 15.5. The molecule has 2 aromatic rings. The van der Waals surface area contributed by atoms with Gasteiger partial charge in [0.05, 0.1) is 27.8 Å². The van der Waals surface area contributed by atoms with Crippen molar-refractivity contribution >= 4 is 58.2 Å². The van der Waals surface area contributed by atoms with Crippen LogP contribution in [0.5, 0.6) is 0 Å². The van der Waals surface area contributed by atoms with E-state index < -0.39 is 0 Å². The molecule has 0 spiro atoms. The molecule has 122 valence electrons. The molecule has 0 fully saturated rings. The molecule has 0 unspecified atom stereocenters. The van der Waals surface area contributed by atoms with E-state index in [2.05, 4.69) is 10.3 Å². The van der Waals surface area contributed by atoms with E-state index >= 15 is 0 Å². The highest BCUT2D eigenvalue weighted by Crippen LogP contribution is 2.36. The standard InChI is InChI=1S/C17H18Cl3N3/c1-4-23(3)10-21-16-8-14(20)17(9-13(16)19)22-15-7-12(18)6-5-11(15)2/h5-10,22H,4H2,1-3H3/b21-10-. The highest BCUT2D eigenvalue weighted by atomic mass is 35.5. The lowest BCUT2D eigenvalue weighted by atomic mass is 10.2. The molecule has 0 atom stereocenters. The van der Waals surface area contributed by atoms with Crippen LogP contribution in [0.1, 0.15) is 12.5 Å². The van der Waals surface area contributed by atoms with Crippen LogP contribution in [0, 0.1) is 6.92 Å². The Labute approximate surface area is 151 Å². The Bertz CT molecular complexity index is 729. The molecule has 0 aromatic heterocycles. The number of rotatable bonds is 5. The van der Waals surface area contributed by atoms with E-state index in [1.165, 1.54) is 0 Å². The monoisotopic (exact) mass is 369 g/mol. The van der Waals surface area contributed by atoms with Gasteiger partial charge in [-0.05, 0) is 43.7 Å². The predicted molar refractivity (Wildman–Crippen MR) is 102 cm³/mol. The van der Waals surface area contributed by atoms with E-state index in [0.717, 1.165) is 17.8 Å². The van der Waals surface area contributed by atoms with Crippen LogP contribution in [0.2, 0.25) is 15.1 Å². The number of nitrogens with zero attached hydrogens (tertiary/aromatic N) is 2. The highest BCUT2D eigenvalue weighted by molar-refractivity contribution is 6.37. The van der Waals surface area contributed by atoms with Crippen molar-refractivity contribution in [3.8, 4) is 0 Å². The third-order valence-electron chi connectivity index (χ3n) is 3.40. The number of aliphatic imine (C=N–C) groups is 1. The molecule has 0 saturated carbocycles. The first kappa shape index (κ1) is 17.9. The lowest BCUT2D eigenvalue weighted by Gasteiger charge is -2.13. The average molecular weight is 371 g/mol. The molecular weight excluding hydrogens is 353 g/mol. The first-order valence-corrected chi connectivity index (χ1v) is 8.30. The first-order chi connectivity index (χ1) is 10.9. The van der Waals surface area contributed by atoms with E-state index in [9.17, 15) is 0 Å². The number of anilines is 2. The zero-order chi connectivity index (χ0) is 17.0. The molecule has 0 bridgehead atoms. The fourth-order valence-electron chi connectivity index (χ4n) is 1.85. The number of hydrogen-bond donors (Lipinski definition) is 1. The topological polar surface area (TPSA) is 27.6 Å². The number of hydrogen-bond acceptors (Lipinski definition) is 2. The summed E-state index contributed by atoms with van der Waals surface area (Å²) in [6.07, 6.45) is 1.73. The van der Waals surface area contributed by atoms with Crippen molar-refractivity contribution in [3.63, 3.8) is 0 Å². The summed E-state index contributed by atoms with van der Waals surface area (Å²) in [5.74, 6) is 0. The van der Waals surface area contributed by atoms with Crippen molar-refractivity contribution in [1.29, 1.82) is 0 Å². The van der Waals surface area contributed by atoms with Crippen molar-refractivity contribution in [2.45, 2.75) is 13.8 Å². The second-order valence-corrected chi connectivity index (χ2v) is 6.44. The second kappa shape index (κ2) is 7.91. The molecule has 3 nitrogen and oxygen atoms in total. The van der Waals surface area contributed by atoms with Crippen LogP contribution < -0.4 is 5.32 Å². The Morgan fingerprint density at radius 3 is 2.52 bits per heavy atom. The number of halogens is 3. The van der Waals surface area contributed by atoms with E-state index in [1.54, 1.807) is 18.5 Å². The van der Waals surface area contributed by atoms with Gasteiger partial charge in [-0.15, -0.1) is 0 Å². The van der Waals surface area contributed by atoms with Gasteiger partial charge >= 0.3 is 0 Å². The molecule has 0 radical (unpaired) electrons. The minimum Gasteiger partial charge on any atom is -0.366 e. The number of benzene rings is 2. The molecule has 2 rings (SSSR count). The Morgan fingerprint density at radius 1 is 1.09 bits per heavy atom. The molecule has 0 saturated heterocycles. The molecule has 0 aliphatic rings. The van der Waals surface area contributed by atoms with Crippen molar-refractivity contribution in [3.05, 3.63) is 51.0 Å². The molecule has 0 aliphatic heterocycles. The first-order valence-electron chi connectivity index (χ1n) is 7.17. The number of nitrogens with one attached hydrogen (secondary N) is 1. The van der Waals surface area contributed by atoms with E-state index in [0.29, 0.717) is 26.4 Å². The van der Waals surface area contributed by atoms with Crippen LogP contribution in [0.15, 0.2) is 35.3 Å². The van der Waals surface area contributed by atoms with Gasteiger partial charge in [0.2, 0.25) is 0 Å². The van der Waals surface area contributed by atoms with Crippen LogP contribution in [0.25, 0.3) is 0 Å². The van der Waals surface area contributed by atoms with Crippen molar-refractivity contribution in [1.82, 2.24) is 4.90 Å². The van der Waals surface area contributed by atoms with Crippen molar-refractivity contribution in [2.75, 3.05) is 18.9 Å². The van der Waals surface area contributed by atoms with Crippen LogP contribution in [-0.2, 0) is 0 Å². The minimum atomic E-state index is 0.525. The molecule has 6 heteroatoms. The summed E-state index contributed by atoms with van der Waals surface area (Å²) in [6.45, 7) is 4.90. The van der Waals surface area contributed by atoms with E-state index in [4.69, 9.17) is 34.8 Å². The smallest absolute Gasteiger partial charge is 0.0910 e. The summed E-state index contributed by atoms with van der Waals surface area (Å²) in [5.41, 5.74) is 3.29. The summed E-state index contributed by atoms with van der Waals surface area (Å²) in [4.78, 5) is 6.30. The van der Waals surface area contributed by atoms with Gasteiger partial charge in [-0.3, -0.25) is 0 Å². The normalized spacial score (nSPS) is 11.0.